The molecule has 184 valence electrons. The van der Waals surface area contributed by atoms with Crippen molar-refractivity contribution in [1.29, 1.82) is 0 Å². The van der Waals surface area contributed by atoms with Crippen LogP contribution in [0.3, 0.4) is 0 Å². The van der Waals surface area contributed by atoms with Crippen molar-refractivity contribution >= 4 is 60.6 Å². The second-order valence-electron chi connectivity index (χ2n) is 8.60. The van der Waals surface area contributed by atoms with Crippen LogP contribution < -0.4 is 10.3 Å². The summed E-state index contributed by atoms with van der Waals surface area (Å²) in [5.41, 5.74) is -0.429. The lowest BCUT2D eigenvalue weighted by Gasteiger charge is -2.20. The molecule has 0 unspecified atom stereocenters. The van der Waals surface area contributed by atoms with Gasteiger partial charge in [-0.25, -0.2) is 9.78 Å². The van der Waals surface area contributed by atoms with E-state index >= 15 is 0 Å². The van der Waals surface area contributed by atoms with Crippen LogP contribution in [0.15, 0.2) is 49.2 Å². The molecule has 0 aliphatic carbocycles. The van der Waals surface area contributed by atoms with E-state index in [1.807, 2.05) is 20.8 Å². The van der Waals surface area contributed by atoms with E-state index in [-0.39, 0.29) is 21.5 Å². The largest absolute Gasteiger partial charge is 0.471 e. The van der Waals surface area contributed by atoms with Gasteiger partial charge >= 0.3 is 11.7 Å². The third-order valence-electron chi connectivity index (χ3n) is 4.87. The molecular weight excluding hydrogens is 588 g/mol. The van der Waals surface area contributed by atoms with Crippen LogP contribution in [0.2, 0.25) is 0 Å². The Kier molecular flexibility index (Phi) is 7.75. The van der Waals surface area contributed by atoms with Crippen molar-refractivity contribution in [1.82, 2.24) is 9.66 Å². The summed E-state index contributed by atoms with van der Waals surface area (Å²) >= 11 is 6.63. The first kappa shape index (κ1) is 26.5. The molecule has 2 aromatic carbocycles. The maximum Gasteiger partial charge on any atom is 0.346 e. The highest BCUT2D eigenvalue weighted by molar-refractivity contribution is 9.10. The Labute approximate surface area is 217 Å². The molecule has 0 radical (unpaired) electrons. The van der Waals surface area contributed by atoms with Crippen molar-refractivity contribution in [2.75, 3.05) is 7.11 Å². The molecule has 1 heterocycles. The molecular formula is C23H22Br2N4O6. The first-order valence-electron chi connectivity index (χ1n) is 10.3. The minimum atomic E-state index is -1.06. The van der Waals surface area contributed by atoms with Crippen molar-refractivity contribution in [2.24, 2.45) is 5.10 Å². The summed E-state index contributed by atoms with van der Waals surface area (Å²) < 4.78 is 12.2. The van der Waals surface area contributed by atoms with E-state index in [1.165, 1.54) is 37.1 Å². The molecule has 12 heteroatoms. The first-order chi connectivity index (χ1) is 16.3. The quantitative estimate of drug-likeness (QED) is 0.167. The van der Waals surface area contributed by atoms with Crippen LogP contribution in [0.5, 0.6) is 5.75 Å². The molecule has 3 rings (SSSR count). The summed E-state index contributed by atoms with van der Waals surface area (Å²) in [6, 6.07) is 7.98. The Morgan fingerprint density at radius 3 is 2.54 bits per heavy atom. The van der Waals surface area contributed by atoms with E-state index in [0.717, 1.165) is 4.47 Å². The first-order valence-corrected chi connectivity index (χ1v) is 11.9. The monoisotopic (exact) mass is 608 g/mol. The smallest absolute Gasteiger partial charge is 0.346 e. The zero-order chi connectivity index (χ0) is 26.1. The maximum absolute atomic E-state index is 13.3. The van der Waals surface area contributed by atoms with Crippen molar-refractivity contribution < 1.29 is 19.2 Å². The average Bonchev–Trinajstić information content (AvgIpc) is 2.78. The van der Waals surface area contributed by atoms with Gasteiger partial charge in [0.1, 0.15) is 5.82 Å². The van der Waals surface area contributed by atoms with E-state index in [0.29, 0.717) is 22.3 Å². The van der Waals surface area contributed by atoms with Crippen molar-refractivity contribution in [3.8, 4) is 5.75 Å². The number of carbonyl (C=O) groups excluding carboxylic acids is 1. The lowest BCUT2D eigenvalue weighted by atomic mass is 9.95. The second kappa shape index (κ2) is 10.2. The number of esters is 1. The molecule has 0 N–H and O–H groups in total. The molecule has 0 aliphatic heterocycles. The van der Waals surface area contributed by atoms with Gasteiger partial charge in [0, 0.05) is 21.5 Å². The molecule has 1 atom stereocenters. The molecule has 3 aromatic rings. The summed E-state index contributed by atoms with van der Waals surface area (Å²) in [5.74, 6) is -0.384. The minimum Gasteiger partial charge on any atom is -0.471 e. The van der Waals surface area contributed by atoms with Gasteiger partial charge in [0.25, 0.3) is 5.56 Å². The normalized spacial score (nSPS) is 12.7. The number of rotatable bonds is 6. The van der Waals surface area contributed by atoms with Gasteiger partial charge in [-0.15, -0.1) is 0 Å². The lowest BCUT2D eigenvalue weighted by molar-refractivity contribution is -0.386. The second-order valence-corrected chi connectivity index (χ2v) is 10.4. The Morgan fingerprint density at radius 2 is 1.94 bits per heavy atom. The van der Waals surface area contributed by atoms with E-state index < -0.39 is 22.4 Å². The lowest BCUT2D eigenvalue weighted by Crippen LogP contribution is -2.29. The minimum absolute atomic E-state index is 0.130. The number of benzene rings is 2. The number of hydrogen-bond donors (Lipinski definition) is 0. The third kappa shape index (κ3) is 5.76. The molecule has 0 aliphatic rings. The van der Waals surface area contributed by atoms with Crippen LogP contribution in [0.25, 0.3) is 10.9 Å². The average molecular weight is 610 g/mol. The van der Waals surface area contributed by atoms with E-state index in [9.17, 15) is 19.7 Å². The zero-order valence-electron chi connectivity index (χ0n) is 19.5. The Bertz CT molecular complexity index is 1410. The summed E-state index contributed by atoms with van der Waals surface area (Å²) in [6.07, 6.45) is 0.262. The van der Waals surface area contributed by atoms with Crippen LogP contribution in [0, 0.1) is 10.1 Å². The zero-order valence-corrected chi connectivity index (χ0v) is 22.7. The van der Waals surface area contributed by atoms with Gasteiger partial charge in [-0.05, 0) is 47.1 Å². The summed E-state index contributed by atoms with van der Waals surface area (Å²) in [4.78, 5) is 40.7. The molecule has 35 heavy (non-hydrogen) atoms. The molecule has 0 bridgehead atoms. The molecule has 0 spiro atoms. The fourth-order valence-electron chi connectivity index (χ4n) is 3.18. The summed E-state index contributed by atoms with van der Waals surface area (Å²) in [5, 5.41) is 16.4. The molecule has 0 saturated carbocycles. The number of nitro groups is 1. The molecule has 0 amide bonds. The fourth-order valence-corrected chi connectivity index (χ4v) is 4.10. The number of carbonyl (C=O) groups is 1. The van der Waals surface area contributed by atoms with Crippen LogP contribution in [-0.2, 0) is 14.9 Å². The predicted molar refractivity (Wildman–Crippen MR) is 138 cm³/mol. The number of fused-ring (bicyclic) bond motifs is 1. The number of nitrogens with zero attached hydrogens (tertiary/aromatic N) is 4. The Morgan fingerprint density at radius 1 is 1.26 bits per heavy atom. The summed E-state index contributed by atoms with van der Waals surface area (Å²) in [7, 11) is 1.19. The number of halogens is 2. The van der Waals surface area contributed by atoms with Gasteiger partial charge in [0.05, 0.1) is 33.6 Å². The highest BCUT2D eigenvalue weighted by atomic mass is 79.9. The Hall–Kier alpha value is -3.12. The SMILES string of the molecule is COC(=O)[C@H](C)Oc1c(Br)cc(C=Nn2c(C(C)(C)C)nc3ccc(Br)cc3c2=O)cc1[N+](=O)[O-]. The van der Waals surface area contributed by atoms with Gasteiger partial charge in [-0.2, -0.15) is 9.78 Å². The van der Waals surface area contributed by atoms with Crippen LogP contribution in [0.4, 0.5) is 5.69 Å². The topological polar surface area (TPSA) is 126 Å². The molecule has 10 nitrogen and oxygen atoms in total. The summed E-state index contributed by atoms with van der Waals surface area (Å²) in [6.45, 7) is 7.13. The standard InChI is InChI=1S/C23H22Br2N4O6/c1-12(21(31)34-5)35-19-16(25)8-13(9-18(19)29(32)33)11-26-28-20(30)15-10-14(24)6-7-17(15)27-22(28)23(2,3)4/h6-12H,1-5H3/t12-/m0/s1. The van der Waals surface area contributed by atoms with Gasteiger partial charge in [0.2, 0.25) is 5.75 Å². The van der Waals surface area contributed by atoms with E-state index in [2.05, 4.69) is 46.7 Å². The molecule has 0 saturated heterocycles. The number of methoxy groups -OCH3 is 1. The number of hydrogen-bond acceptors (Lipinski definition) is 8. The molecule has 0 fully saturated rings. The highest BCUT2D eigenvalue weighted by Crippen LogP contribution is 2.37. The third-order valence-corrected chi connectivity index (χ3v) is 5.95. The van der Waals surface area contributed by atoms with Crippen molar-refractivity contribution in [3.05, 3.63) is 71.1 Å². The van der Waals surface area contributed by atoms with E-state index in [4.69, 9.17) is 4.74 Å². The predicted octanol–water partition coefficient (Wildman–Crippen LogP) is 4.95. The number of nitro benzene ring substituents is 1. The van der Waals surface area contributed by atoms with Crippen LogP contribution >= 0.6 is 31.9 Å². The number of ether oxygens (including phenoxy) is 2. The Balaban J connectivity index is 2.14. The van der Waals surface area contributed by atoms with Gasteiger partial charge in [-0.1, -0.05) is 36.7 Å². The van der Waals surface area contributed by atoms with E-state index in [1.54, 1.807) is 18.2 Å². The maximum atomic E-state index is 13.3. The van der Waals surface area contributed by atoms with Gasteiger partial charge < -0.3 is 9.47 Å². The van der Waals surface area contributed by atoms with Gasteiger partial charge in [-0.3, -0.25) is 14.9 Å². The van der Waals surface area contributed by atoms with Crippen LogP contribution in [0.1, 0.15) is 39.1 Å². The highest BCUT2D eigenvalue weighted by Gasteiger charge is 2.26. The number of aromatic nitrogens is 2. The molecule has 1 aromatic heterocycles. The van der Waals surface area contributed by atoms with Crippen molar-refractivity contribution in [2.45, 2.75) is 39.2 Å². The van der Waals surface area contributed by atoms with Crippen molar-refractivity contribution in [3.63, 3.8) is 0 Å². The van der Waals surface area contributed by atoms with Gasteiger partial charge in [0.15, 0.2) is 6.10 Å². The fraction of sp³-hybridized carbons (Fsp3) is 0.304. The van der Waals surface area contributed by atoms with Crippen LogP contribution in [-0.4, -0.2) is 40.0 Å².